The first-order chi connectivity index (χ1) is 15.8. The third kappa shape index (κ3) is 5.89. The Hall–Kier alpha value is -2.95. The van der Waals surface area contributed by atoms with Crippen molar-refractivity contribution in [3.63, 3.8) is 0 Å². The van der Waals surface area contributed by atoms with Gasteiger partial charge in [-0.2, -0.15) is 4.39 Å². The summed E-state index contributed by atoms with van der Waals surface area (Å²) in [4.78, 5) is 31.1. The number of ether oxygens (including phenoxy) is 1. The molecule has 0 spiro atoms. The van der Waals surface area contributed by atoms with Crippen LogP contribution in [-0.4, -0.2) is 53.0 Å². The molecule has 8 heteroatoms. The molecule has 174 valence electrons. The lowest BCUT2D eigenvalue weighted by molar-refractivity contribution is -0.123. The Labute approximate surface area is 197 Å². The minimum atomic E-state index is -1.000. The molecule has 2 unspecified atom stereocenters. The summed E-state index contributed by atoms with van der Waals surface area (Å²) in [5, 5.41) is 11.3. The third-order valence-corrected chi connectivity index (χ3v) is 5.98. The topological polar surface area (TPSA) is 79.7 Å². The summed E-state index contributed by atoms with van der Waals surface area (Å²) in [6.45, 7) is 2.42. The van der Waals surface area contributed by atoms with Gasteiger partial charge in [0.15, 0.2) is 0 Å². The van der Waals surface area contributed by atoms with Gasteiger partial charge >= 0.3 is 0 Å². The maximum atomic E-state index is 13.4. The highest BCUT2D eigenvalue weighted by Gasteiger charge is 2.33. The molecule has 33 heavy (non-hydrogen) atoms. The third-order valence-electron chi connectivity index (χ3n) is 5.66. The fourth-order valence-corrected chi connectivity index (χ4v) is 4.47. The predicted octanol–water partition coefficient (Wildman–Crippen LogP) is 3.98. The van der Waals surface area contributed by atoms with Gasteiger partial charge in [0, 0.05) is 53.5 Å². The first-order valence-corrected chi connectivity index (χ1v) is 11.1. The van der Waals surface area contributed by atoms with Crippen LogP contribution in [0, 0.1) is 17.8 Å². The van der Waals surface area contributed by atoms with Crippen molar-refractivity contribution >= 4 is 23.3 Å². The van der Waals surface area contributed by atoms with Crippen LogP contribution in [0.4, 0.5) is 4.39 Å². The first kappa shape index (κ1) is 24.7. The van der Waals surface area contributed by atoms with Gasteiger partial charge in [-0.25, -0.2) is 4.98 Å². The van der Waals surface area contributed by atoms with E-state index >= 15 is 0 Å². The lowest BCUT2D eigenvalue weighted by Crippen LogP contribution is -2.36. The Bertz CT molecular complexity index is 1100. The number of carbonyl (C=O) groups is 2. The minimum Gasteiger partial charge on any atom is -0.496 e. The summed E-state index contributed by atoms with van der Waals surface area (Å²) in [7, 11) is 1.49. The Balaban J connectivity index is 1.83. The summed E-state index contributed by atoms with van der Waals surface area (Å²) in [5.41, 5.74) is 1.32. The molecule has 0 bridgehead atoms. The van der Waals surface area contributed by atoms with Crippen molar-refractivity contribution in [2.24, 2.45) is 0 Å². The molecule has 3 rings (SSSR count). The maximum Gasteiger partial charge on any atom is 0.254 e. The number of methoxy groups -OCH3 is 1. The number of aromatic nitrogens is 1. The first-order valence-electron chi connectivity index (χ1n) is 10.8. The molecule has 1 saturated heterocycles. The summed E-state index contributed by atoms with van der Waals surface area (Å²) < 4.78 is 18.9. The number of ketones is 1. The molecule has 1 aliphatic heterocycles. The van der Waals surface area contributed by atoms with Crippen LogP contribution < -0.4 is 4.74 Å². The van der Waals surface area contributed by atoms with Crippen molar-refractivity contribution in [3.05, 3.63) is 58.1 Å². The largest absolute Gasteiger partial charge is 0.496 e. The van der Waals surface area contributed by atoms with Crippen molar-refractivity contribution in [2.75, 3.05) is 20.2 Å². The van der Waals surface area contributed by atoms with E-state index in [0.29, 0.717) is 47.8 Å². The van der Waals surface area contributed by atoms with Gasteiger partial charge in [0.25, 0.3) is 5.91 Å². The van der Waals surface area contributed by atoms with E-state index in [1.54, 1.807) is 24.0 Å². The lowest BCUT2D eigenvalue weighted by atomic mass is 9.84. The zero-order valence-electron chi connectivity index (χ0n) is 18.6. The SMILES string of the molecule is CC#Cc1cc(Cl)c(C2C(=O)CCCN(C(=O)c3ccnc(F)c3)CCCC2O)c(OC)c1. The second-order valence-electron chi connectivity index (χ2n) is 7.87. The fraction of sp³-hybridized carbons (Fsp3) is 0.400. The normalized spacial score (nSPS) is 19.4. The summed E-state index contributed by atoms with van der Waals surface area (Å²) in [6.07, 6.45) is 1.54. The van der Waals surface area contributed by atoms with Crippen LogP contribution in [0.2, 0.25) is 5.02 Å². The van der Waals surface area contributed by atoms with E-state index in [2.05, 4.69) is 16.8 Å². The number of amides is 1. The molecule has 1 fully saturated rings. The molecule has 1 N–H and O–H groups in total. The van der Waals surface area contributed by atoms with Gasteiger partial charge in [-0.05, 0) is 44.4 Å². The average Bonchev–Trinajstić information content (AvgIpc) is 2.78. The Morgan fingerprint density at radius 2 is 2.06 bits per heavy atom. The van der Waals surface area contributed by atoms with Crippen molar-refractivity contribution in [3.8, 4) is 17.6 Å². The monoisotopic (exact) mass is 472 g/mol. The number of halogens is 2. The number of pyridine rings is 1. The van der Waals surface area contributed by atoms with Crippen molar-refractivity contribution in [1.82, 2.24) is 9.88 Å². The smallest absolute Gasteiger partial charge is 0.254 e. The van der Waals surface area contributed by atoms with E-state index in [0.717, 1.165) is 6.07 Å². The van der Waals surface area contributed by atoms with E-state index in [1.165, 1.54) is 19.4 Å². The van der Waals surface area contributed by atoms with E-state index in [4.69, 9.17) is 16.3 Å². The Morgan fingerprint density at radius 1 is 1.30 bits per heavy atom. The molecule has 2 atom stereocenters. The van der Waals surface area contributed by atoms with Crippen LogP contribution in [0.1, 0.15) is 60.0 Å². The number of Topliss-reactive ketones (excluding diaryl/α,β-unsaturated/α-hetero) is 1. The average molecular weight is 473 g/mol. The number of rotatable bonds is 3. The number of aliphatic hydroxyl groups excluding tert-OH is 1. The van der Waals surface area contributed by atoms with Crippen LogP contribution in [0.3, 0.4) is 0 Å². The molecular formula is C25H26ClFN2O4. The molecule has 6 nitrogen and oxygen atoms in total. The zero-order valence-corrected chi connectivity index (χ0v) is 19.4. The number of carbonyl (C=O) groups excluding carboxylic acids is 2. The predicted molar refractivity (Wildman–Crippen MR) is 123 cm³/mol. The summed E-state index contributed by atoms with van der Waals surface area (Å²) in [6, 6.07) is 5.94. The van der Waals surface area contributed by atoms with Gasteiger partial charge < -0.3 is 14.7 Å². The van der Waals surface area contributed by atoms with Gasteiger partial charge in [-0.3, -0.25) is 9.59 Å². The summed E-state index contributed by atoms with van der Waals surface area (Å²) >= 11 is 6.53. The number of aliphatic hydroxyl groups is 1. The van der Waals surface area contributed by atoms with E-state index in [-0.39, 0.29) is 30.1 Å². The van der Waals surface area contributed by atoms with E-state index in [1.807, 2.05) is 0 Å². The van der Waals surface area contributed by atoms with Crippen LogP contribution in [0.25, 0.3) is 0 Å². The minimum absolute atomic E-state index is 0.145. The Morgan fingerprint density at radius 3 is 2.76 bits per heavy atom. The molecule has 1 aromatic carbocycles. The highest BCUT2D eigenvalue weighted by atomic mass is 35.5. The molecule has 2 heterocycles. The van der Waals surface area contributed by atoms with Crippen LogP contribution in [0.5, 0.6) is 5.75 Å². The highest BCUT2D eigenvalue weighted by Crippen LogP contribution is 2.39. The highest BCUT2D eigenvalue weighted by molar-refractivity contribution is 6.32. The van der Waals surface area contributed by atoms with Crippen LogP contribution in [-0.2, 0) is 4.79 Å². The van der Waals surface area contributed by atoms with Gasteiger partial charge in [0.2, 0.25) is 5.95 Å². The van der Waals surface area contributed by atoms with Gasteiger partial charge in [-0.15, -0.1) is 5.92 Å². The van der Waals surface area contributed by atoms with Crippen LogP contribution >= 0.6 is 11.6 Å². The number of nitrogens with zero attached hydrogens (tertiary/aromatic N) is 2. The van der Waals surface area contributed by atoms with Gasteiger partial charge in [0.05, 0.1) is 19.1 Å². The van der Waals surface area contributed by atoms with Crippen molar-refractivity contribution in [1.29, 1.82) is 0 Å². The number of hydrogen-bond acceptors (Lipinski definition) is 5. The number of hydrogen-bond donors (Lipinski definition) is 1. The second kappa shape index (κ2) is 11.3. The van der Waals surface area contributed by atoms with E-state index in [9.17, 15) is 19.1 Å². The lowest BCUT2D eigenvalue weighted by Gasteiger charge is -2.29. The molecule has 0 saturated carbocycles. The van der Waals surface area contributed by atoms with Gasteiger partial charge in [0.1, 0.15) is 11.5 Å². The van der Waals surface area contributed by atoms with Crippen molar-refractivity contribution < 1.29 is 23.8 Å². The second-order valence-corrected chi connectivity index (χ2v) is 8.27. The van der Waals surface area contributed by atoms with Crippen LogP contribution in [0.15, 0.2) is 30.5 Å². The van der Waals surface area contributed by atoms with E-state index < -0.39 is 18.0 Å². The molecule has 2 aromatic rings. The van der Waals surface area contributed by atoms with Crippen molar-refractivity contribution in [2.45, 2.75) is 44.6 Å². The quantitative estimate of drug-likeness (QED) is 0.540. The Kier molecular flexibility index (Phi) is 8.43. The standard InChI is InChI=1S/C25H26ClFN2O4/c1-3-6-16-13-18(26)23(21(14-16)33-2)24-19(30)7-4-11-29(12-5-8-20(24)31)25(32)17-9-10-28-22(27)15-17/h9-10,13-15,19,24,30H,4-5,7-8,11-12H2,1-2H3. The molecule has 1 aromatic heterocycles. The zero-order chi connectivity index (χ0) is 24.0. The molecule has 0 aliphatic carbocycles. The van der Waals surface area contributed by atoms with Gasteiger partial charge in [-0.1, -0.05) is 17.5 Å². The number of benzene rings is 1. The molecule has 0 radical (unpaired) electrons. The molecular weight excluding hydrogens is 447 g/mol. The fourth-order valence-electron chi connectivity index (χ4n) is 4.14. The molecule has 1 amide bonds. The molecule has 1 aliphatic rings. The summed E-state index contributed by atoms with van der Waals surface area (Å²) in [5.74, 6) is 4.06. The maximum absolute atomic E-state index is 13.4.